The minimum atomic E-state index is -4.35. The van der Waals surface area contributed by atoms with Gasteiger partial charge in [-0.2, -0.15) is 13.2 Å². The van der Waals surface area contributed by atoms with E-state index in [9.17, 15) is 18.0 Å². The zero-order valence-corrected chi connectivity index (χ0v) is 14.9. The quantitative estimate of drug-likeness (QED) is 0.627. The van der Waals surface area contributed by atoms with Crippen LogP contribution in [-0.4, -0.2) is 22.3 Å². The number of amides is 1. The molecule has 0 bridgehead atoms. The highest BCUT2D eigenvalue weighted by molar-refractivity contribution is 5.92. The highest BCUT2D eigenvalue weighted by Gasteiger charge is 2.30. The lowest BCUT2D eigenvalue weighted by Gasteiger charge is -2.29. The van der Waals surface area contributed by atoms with Crippen molar-refractivity contribution >= 4 is 5.91 Å². The number of hydrogen-bond donors (Lipinski definition) is 0. The van der Waals surface area contributed by atoms with E-state index < -0.39 is 11.7 Å². The van der Waals surface area contributed by atoms with Crippen LogP contribution in [0.5, 0.6) is 0 Å². The molecule has 0 radical (unpaired) electrons. The standard InChI is InChI=1S/C22H17F3N2O/c23-22(24,25)19-8-6-15(7-9-19)17-5-4-16-10-12-27(14-18(16)13-17)21(28)20-3-1-2-11-26-20/h1-9,11,13H,10,12,14H2. The summed E-state index contributed by atoms with van der Waals surface area (Å²) < 4.78 is 38.3. The Labute approximate surface area is 160 Å². The molecule has 0 saturated heterocycles. The van der Waals surface area contributed by atoms with Crippen LogP contribution in [0.2, 0.25) is 0 Å². The Morgan fingerprint density at radius 3 is 2.36 bits per heavy atom. The van der Waals surface area contributed by atoms with Crippen molar-refractivity contribution in [2.24, 2.45) is 0 Å². The van der Waals surface area contributed by atoms with Gasteiger partial charge in [-0.25, -0.2) is 0 Å². The first-order valence-electron chi connectivity index (χ1n) is 8.91. The minimum Gasteiger partial charge on any atom is -0.333 e. The molecule has 0 atom stereocenters. The first-order chi connectivity index (χ1) is 13.4. The number of hydrogen-bond acceptors (Lipinski definition) is 2. The van der Waals surface area contributed by atoms with Gasteiger partial charge in [0.05, 0.1) is 5.56 Å². The van der Waals surface area contributed by atoms with Gasteiger partial charge in [0, 0.05) is 19.3 Å². The van der Waals surface area contributed by atoms with E-state index in [2.05, 4.69) is 4.98 Å². The van der Waals surface area contributed by atoms with Gasteiger partial charge < -0.3 is 4.90 Å². The molecule has 0 aliphatic carbocycles. The maximum atomic E-state index is 12.8. The van der Waals surface area contributed by atoms with Crippen molar-refractivity contribution in [3.63, 3.8) is 0 Å². The molecule has 4 rings (SSSR count). The summed E-state index contributed by atoms with van der Waals surface area (Å²) >= 11 is 0. The molecular weight excluding hydrogens is 365 g/mol. The number of halogens is 3. The number of aromatic nitrogens is 1. The van der Waals surface area contributed by atoms with Crippen LogP contribution in [0, 0.1) is 0 Å². The summed E-state index contributed by atoms with van der Waals surface area (Å²) in [5, 5.41) is 0. The Morgan fingerprint density at radius 1 is 0.929 bits per heavy atom. The first kappa shape index (κ1) is 18.2. The van der Waals surface area contributed by atoms with E-state index in [1.54, 1.807) is 29.3 Å². The molecule has 2 aromatic carbocycles. The SMILES string of the molecule is O=C(c1ccccn1)N1CCc2ccc(-c3ccc(C(F)(F)F)cc3)cc2C1. The monoisotopic (exact) mass is 382 g/mol. The summed E-state index contributed by atoms with van der Waals surface area (Å²) in [5.41, 5.74) is 3.45. The zero-order valence-electron chi connectivity index (χ0n) is 14.9. The third-order valence-corrected chi connectivity index (χ3v) is 4.94. The molecule has 1 amide bonds. The molecule has 0 unspecified atom stereocenters. The summed E-state index contributed by atoms with van der Waals surface area (Å²) in [7, 11) is 0. The second kappa shape index (κ2) is 7.11. The van der Waals surface area contributed by atoms with Gasteiger partial charge in [-0.05, 0) is 59.0 Å². The predicted octanol–water partition coefficient (Wildman–Crippen LogP) is 4.97. The maximum absolute atomic E-state index is 12.8. The Hall–Kier alpha value is -3.15. The Kier molecular flexibility index (Phi) is 4.63. The number of alkyl halides is 3. The molecular formula is C22H17F3N2O. The van der Waals surface area contributed by atoms with Crippen LogP contribution in [0.4, 0.5) is 13.2 Å². The molecule has 2 heterocycles. The number of benzene rings is 2. The summed E-state index contributed by atoms with van der Waals surface area (Å²) in [6.45, 7) is 1.07. The minimum absolute atomic E-state index is 0.119. The summed E-state index contributed by atoms with van der Waals surface area (Å²) in [6, 6.07) is 16.2. The molecule has 6 heteroatoms. The molecule has 1 aromatic heterocycles. The molecule has 0 fully saturated rings. The third-order valence-electron chi connectivity index (χ3n) is 4.94. The second-order valence-electron chi connectivity index (χ2n) is 6.75. The molecule has 0 saturated carbocycles. The Balaban J connectivity index is 1.58. The lowest BCUT2D eigenvalue weighted by Crippen LogP contribution is -2.36. The van der Waals surface area contributed by atoms with Crippen molar-refractivity contribution in [2.75, 3.05) is 6.54 Å². The van der Waals surface area contributed by atoms with Crippen molar-refractivity contribution in [1.82, 2.24) is 9.88 Å². The van der Waals surface area contributed by atoms with Gasteiger partial charge in [-0.3, -0.25) is 9.78 Å². The van der Waals surface area contributed by atoms with E-state index in [0.29, 0.717) is 24.3 Å². The molecule has 1 aliphatic heterocycles. The van der Waals surface area contributed by atoms with Crippen molar-refractivity contribution in [3.05, 3.63) is 89.2 Å². The van der Waals surface area contributed by atoms with E-state index in [0.717, 1.165) is 35.2 Å². The number of carbonyl (C=O) groups excluding carboxylic acids is 1. The van der Waals surface area contributed by atoms with Crippen molar-refractivity contribution in [3.8, 4) is 11.1 Å². The van der Waals surface area contributed by atoms with E-state index >= 15 is 0 Å². The van der Waals surface area contributed by atoms with Crippen LogP contribution in [0.15, 0.2) is 66.9 Å². The fraction of sp³-hybridized carbons (Fsp3) is 0.182. The zero-order chi connectivity index (χ0) is 19.7. The van der Waals surface area contributed by atoms with Crippen LogP contribution in [-0.2, 0) is 19.1 Å². The smallest absolute Gasteiger partial charge is 0.333 e. The van der Waals surface area contributed by atoms with Crippen molar-refractivity contribution in [1.29, 1.82) is 0 Å². The van der Waals surface area contributed by atoms with Crippen LogP contribution in [0.3, 0.4) is 0 Å². The first-order valence-corrected chi connectivity index (χ1v) is 8.91. The molecule has 0 N–H and O–H groups in total. The molecule has 3 nitrogen and oxygen atoms in total. The number of pyridine rings is 1. The van der Waals surface area contributed by atoms with E-state index in [1.807, 2.05) is 18.2 Å². The summed E-state index contributed by atoms with van der Waals surface area (Å²) in [6.07, 6.45) is -2.02. The van der Waals surface area contributed by atoms with Gasteiger partial charge in [0.2, 0.25) is 0 Å². The van der Waals surface area contributed by atoms with Gasteiger partial charge in [-0.15, -0.1) is 0 Å². The van der Waals surface area contributed by atoms with E-state index in [1.165, 1.54) is 12.1 Å². The second-order valence-corrected chi connectivity index (χ2v) is 6.75. The van der Waals surface area contributed by atoms with Crippen LogP contribution < -0.4 is 0 Å². The Bertz CT molecular complexity index is 999. The average molecular weight is 382 g/mol. The van der Waals surface area contributed by atoms with Gasteiger partial charge in [-0.1, -0.05) is 30.3 Å². The van der Waals surface area contributed by atoms with Crippen LogP contribution in [0.1, 0.15) is 27.2 Å². The third kappa shape index (κ3) is 3.63. The molecule has 142 valence electrons. The van der Waals surface area contributed by atoms with Gasteiger partial charge >= 0.3 is 6.18 Å². The highest BCUT2D eigenvalue weighted by Crippen LogP contribution is 2.32. The molecule has 28 heavy (non-hydrogen) atoms. The number of carbonyl (C=O) groups is 1. The maximum Gasteiger partial charge on any atom is 0.416 e. The van der Waals surface area contributed by atoms with Crippen molar-refractivity contribution < 1.29 is 18.0 Å². The fourth-order valence-corrected chi connectivity index (χ4v) is 3.41. The number of nitrogens with zero attached hydrogens (tertiary/aromatic N) is 2. The van der Waals surface area contributed by atoms with Gasteiger partial charge in [0.15, 0.2) is 0 Å². The number of fused-ring (bicyclic) bond motifs is 1. The summed E-state index contributed by atoms with van der Waals surface area (Å²) in [5.74, 6) is -0.119. The van der Waals surface area contributed by atoms with Gasteiger partial charge in [0.25, 0.3) is 5.91 Å². The normalized spacial score (nSPS) is 13.9. The summed E-state index contributed by atoms with van der Waals surface area (Å²) in [4.78, 5) is 18.5. The van der Waals surface area contributed by atoms with E-state index in [-0.39, 0.29) is 5.91 Å². The topological polar surface area (TPSA) is 33.2 Å². The Morgan fingerprint density at radius 2 is 1.68 bits per heavy atom. The van der Waals surface area contributed by atoms with E-state index in [4.69, 9.17) is 0 Å². The van der Waals surface area contributed by atoms with Crippen LogP contribution in [0.25, 0.3) is 11.1 Å². The predicted molar refractivity (Wildman–Crippen MR) is 99.6 cm³/mol. The average Bonchev–Trinajstić information content (AvgIpc) is 2.72. The van der Waals surface area contributed by atoms with Crippen molar-refractivity contribution in [2.45, 2.75) is 19.1 Å². The molecule has 1 aliphatic rings. The highest BCUT2D eigenvalue weighted by atomic mass is 19.4. The lowest BCUT2D eigenvalue weighted by atomic mass is 9.94. The van der Waals surface area contributed by atoms with Crippen LogP contribution >= 0.6 is 0 Å². The lowest BCUT2D eigenvalue weighted by molar-refractivity contribution is -0.137. The molecule has 3 aromatic rings. The molecule has 0 spiro atoms. The number of rotatable bonds is 2. The van der Waals surface area contributed by atoms with Gasteiger partial charge in [0.1, 0.15) is 5.69 Å². The fourth-order valence-electron chi connectivity index (χ4n) is 3.41. The largest absolute Gasteiger partial charge is 0.416 e.